The van der Waals surface area contributed by atoms with Crippen LogP contribution in [-0.2, 0) is 0 Å². The maximum Gasteiger partial charge on any atom is 1.00 e. The molecule has 0 aliphatic heterocycles. The van der Waals surface area contributed by atoms with Crippen LogP contribution in [0.5, 0.6) is 0 Å². The van der Waals surface area contributed by atoms with Gasteiger partial charge in [0.15, 0.2) is 0 Å². The van der Waals surface area contributed by atoms with Gasteiger partial charge >= 0.3 is 58.8 Å². The molecule has 0 saturated carbocycles. The summed E-state index contributed by atoms with van der Waals surface area (Å²) < 4.78 is 11.9. The minimum Gasteiger partial charge on any atom is -0.402 e. The minimum absolute atomic E-state index is 0. The average molecular weight is 365 g/mol. The zero-order chi connectivity index (χ0) is 19.4. The maximum atomic E-state index is 11.9. The molecular weight excluding hydrogens is 349 g/mol. The molecule has 0 aromatic heterocycles. The Labute approximate surface area is 159 Å². The van der Waals surface area contributed by atoms with E-state index in [4.69, 9.17) is 60.3 Å². The summed E-state index contributed by atoms with van der Waals surface area (Å²) in [6.07, 6.45) is 0. The molecule has 0 heterocycles. The molecule has 1 aromatic carbocycles. The fraction of sp³-hybridized carbons (Fsp3) is 0. The number of hydrogen-bond donors (Lipinski definition) is 12. The second kappa shape index (κ2) is 27.8. The Morgan fingerprint density at radius 2 is 0.750 bits per heavy atom. The molecule has 0 bridgehead atoms. The second-order valence-electron chi connectivity index (χ2n) is 2.60. The van der Waals surface area contributed by atoms with E-state index in [1.807, 2.05) is 0 Å². The Morgan fingerprint density at radius 1 is 0.583 bits per heavy atom. The molecule has 12 nitrogen and oxygen atoms in total. The van der Waals surface area contributed by atoms with Crippen molar-refractivity contribution >= 4 is 29.3 Å². The first kappa shape index (κ1) is 35.1. The van der Waals surface area contributed by atoms with E-state index in [0.717, 1.165) is 0 Å². The summed E-state index contributed by atoms with van der Waals surface area (Å²) in [5, 5.41) is 86.0. The smallest absolute Gasteiger partial charge is 0.402 e. The zero-order valence-corrected chi connectivity index (χ0v) is 14.4. The van der Waals surface area contributed by atoms with E-state index in [1.165, 1.54) is 24.3 Å². The summed E-state index contributed by atoms with van der Waals surface area (Å²) in [6, 6.07) is 8.49. The van der Waals surface area contributed by atoms with Gasteiger partial charge in [-0.3, -0.25) is 0 Å². The van der Waals surface area contributed by atoms with Crippen molar-refractivity contribution in [1.82, 2.24) is 0 Å². The molecule has 1 rings (SSSR count). The molecule has 0 aliphatic carbocycles. The first-order valence-electron chi connectivity index (χ1n) is 5.11. The van der Waals surface area contributed by atoms with Crippen LogP contribution in [0.4, 0.5) is 4.39 Å². The largest absolute Gasteiger partial charge is 1.00 e. The van der Waals surface area contributed by atoms with Crippen LogP contribution in [-0.4, -0.2) is 89.6 Å². The molecule has 0 amide bonds. The van der Waals surface area contributed by atoms with Crippen LogP contribution >= 0.6 is 0 Å². The predicted molar refractivity (Wildman–Crippen MR) is 74.9 cm³/mol. The maximum absolute atomic E-state index is 11.9. The van der Waals surface area contributed by atoms with Crippen molar-refractivity contribution < 1.29 is 94.2 Å². The monoisotopic (exact) mass is 366 g/mol. The summed E-state index contributed by atoms with van der Waals surface area (Å²) >= 11 is 0. The van der Waals surface area contributed by atoms with Crippen LogP contribution in [0.3, 0.4) is 0 Å². The van der Waals surface area contributed by atoms with E-state index in [9.17, 15) is 4.39 Å². The Bertz CT molecular complexity index is 276. The molecule has 0 aliphatic rings. The molecule has 0 radical (unpaired) electrons. The van der Waals surface area contributed by atoms with Crippen molar-refractivity contribution in [2.75, 3.05) is 0 Å². The first-order valence-corrected chi connectivity index (χ1v) is 5.11. The van der Waals surface area contributed by atoms with Gasteiger partial charge in [0.1, 0.15) is 0 Å². The van der Waals surface area contributed by atoms with Gasteiger partial charge in [-0.15, -0.1) is 12.1 Å². The Balaban J connectivity index is -0.0000000641. The van der Waals surface area contributed by atoms with Crippen LogP contribution in [0.1, 0.15) is 0 Å². The second-order valence-corrected chi connectivity index (χ2v) is 2.60. The number of halogens is 1. The Hall–Kier alpha value is -0.0703. The topological polar surface area (TPSA) is 243 Å². The quantitative estimate of drug-likeness (QED) is 0.151. The van der Waals surface area contributed by atoms with Crippen LogP contribution in [0.25, 0.3) is 0 Å². The predicted octanol–water partition coefficient (Wildman–Crippen LogP) is -9.58. The molecule has 18 heteroatoms. The van der Waals surface area contributed by atoms with Crippen molar-refractivity contribution in [3.05, 3.63) is 36.1 Å². The van der Waals surface area contributed by atoms with Crippen LogP contribution < -0.4 is 29.6 Å². The Kier molecular flexibility index (Phi) is 40.6. The molecule has 0 saturated heterocycles. The molecule has 132 valence electrons. The number of benzene rings is 1. The SMILES string of the molecule is Fc1cc[c-]cc1.OB(O)O.OB(O)O.OB(O)O.OB(O)O.[Na+]. The van der Waals surface area contributed by atoms with Gasteiger partial charge in [0.05, 0.1) is 0 Å². The van der Waals surface area contributed by atoms with Gasteiger partial charge in [0.25, 0.3) is 0 Å². The fourth-order valence-corrected chi connectivity index (χ4v) is 0.367. The zero-order valence-electron chi connectivity index (χ0n) is 12.4. The summed E-state index contributed by atoms with van der Waals surface area (Å²) in [6.45, 7) is 0. The third-order valence-corrected chi connectivity index (χ3v) is 0.678. The fourth-order valence-electron chi connectivity index (χ4n) is 0.367. The van der Waals surface area contributed by atoms with Gasteiger partial charge in [-0.05, 0) is 0 Å². The van der Waals surface area contributed by atoms with Gasteiger partial charge < -0.3 is 60.3 Å². The molecule has 0 atom stereocenters. The summed E-state index contributed by atoms with van der Waals surface area (Å²) in [5.74, 6) is -0.209. The van der Waals surface area contributed by atoms with Gasteiger partial charge in [0.2, 0.25) is 0 Å². The van der Waals surface area contributed by atoms with Crippen LogP contribution in [0, 0.1) is 11.9 Å². The molecule has 12 N–H and O–H groups in total. The summed E-state index contributed by atoms with van der Waals surface area (Å²) in [4.78, 5) is 0. The van der Waals surface area contributed by atoms with Crippen molar-refractivity contribution in [3.63, 3.8) is 0 Å². The van der Waals surface area contributed by atoms with Gasteiger partial charge in [0, 0.05) is 5.82 Å². The third kappa shape index (κ3) is 153. The van der Waals surface area contributed by atoms with Crippen LogP contribution in [0.2, 0.25) is 0 Å². The molecule has 1 aromatic rings. The van der Waals surface area contributed by atoms with Gasteiger partial charge in [-0.25, -0.2) is 4.39 Å². The van der Waals surface area contributed by atoms with Crippen molar-refractivity contribution in [2.45, 2.75) is 0 Å². The number of rotatable bonds is 0. The molecule has 0 spiro atoms. The molecule has 24 heavy (non-hydrogen) atoms. The van der Waals surface area contributed by atoms with E-state index in [0.29, 0.717) is 0 Å². The van der Waals surface area contributed by atoms with Gasteiger partial charge in [-0.2, -0.15) is 18.2 Å². The van der Waals surface area contributed by atoms with E-state index in [-0.39, 0.29) is 35.4 Å². The first-order chi connectivity index (χ1) is 10.3. The summed E-state index contributed by atoms with van der Waals surface area (Å²) in [7, 11) is -8.67. The number of hydrogen-bond acceptors (Lipinski definition) is 12. The normalized spacial score (nSPS) is 7.04. The van der Waals surface area contributed by atoms with Crippen molar-refractivity contribution in [3.8, 4) is 0 Å². The standard InChI is InChI=1S/C6H4F.4BH3O3.Na/c7-6-4-2-1-3-5-6;4*2-1(3)4;/h2-5H;4*2-4H;/q-1;;;;;+1. The van der Waals surface area contributed by atoms with Crippen molar-refractivity contribution in [2.24, 2.45) is 0 Å². The molecule has 0 unspecified atom stereocenters. The van der Waals surface area contributed by atoms with Crippen LogP contribution in [0.15, 0.2) is 24.3 Å². The molecular formula is C6H16B4FNaO12. The molecule has 0 fully saturated rings. The van der Waals surface area contributed by atoms with E-state index >= 15 is 0 Å². The third-order valence-electron chi connectivity index (χ3n) is 0.678. The average Bonchev–Trinajstić information content (AvgIpc) is 2.26. The van der Waals surface area contributed by atoms with E-state index in [2.05, 4.69) is 6.07 Å². The minimum atomic E-state index is -2.17. The van der Waals surface area contributed by atoms with Gasteiger partial charge in [-0.1, -0.05) is 0 Å². The van der Waals surface area contributed by atoms with E-state index in [1.54, 1.807) is 0 Å². The van der Waals surface area contributed by atoms with Crippen molar-refractivity contribution in [1.29, 1.82) is 0 Å². The van der Waals surface area contributed by atoms with E-state index < -0.39 is 29.3 Å². The Morgan fingerprint density at radius 3 is 0.833 bits per heavy atom. The summed E-state index contributed by atoms with van der Waals surface area (Å²) in [5.41, 5.74) is 0.